The van der Waals surface area contributed by atoms with Crippen molar-refractivity contribution >= 4 is 17.4 Å². The summed E-state index contributed by atoms with van der Waals surface area (Å²) in [6.07, 6.45) is 3.08. The molecular weight excluding hydrogens is 235 g/mol. The van der Waals surface area contributed by atoms with E-state index in [0.717, 1.165) is 12.2 Å². The second kappa shape index (κ2) is 6.51. The van der Waals surface area contributed by atoms with Crippen LogP contribution in [0.1, 0.15) is 18.9 Å². The molecule has 4 heteroatoms. The summed E-state index contributed by atoms with van der Waals surface area (Å²) in [7, 11) is 1.90. The lowest BCUT2D eigenvalue weighted by molar-refractivity contribution is 0.618. The molecule has 0 N–H and O–H groups in total. The minimum Gasteiger partial charge on any atom is -0.371 e. The fraction of sp³-hybridized carbons (Fsp3) is 0.462. The predicted molar refractivity (Wildman–Crippen MR) is 72.0 cm³/mol. The third-order valence-corrected chi connectivity index (χ3v) is 3.53. The molecule has 0 aromatic heterocycles. The van der Waals surface area contributed by atoms with Gasteiger partial charge in [0.2, 0.25) is 0 Å². The van der Waals surface area contributed by atoms with Crippen molar-refractivity contribution in [3.05, 3.63) is 29.6 Å². The highest BCUT2D eigenvalue weighted by atomic mass is 32.2. The molecule has 0 fully saturated rings. The molecule has 0 aliphatic rings. The van der Waals surface area contributed by atoms with Crippen LogP contribution >= 0.6 is 11.8 Å². The zero-order valence-corrected chi connectivity index (χ0v) is 11.2. The van der Waals surface area contributed by atoms with Gasteiger partial charge in [-0.15, -0.1) is 0 Å². The molecule has 0 bridgehead atoms. The Hall–Kier alpha value is -1.21. The smallest absolute Gasteiger partial charge is 0.143 e. The summed E-state index contributed by atoms with van der Waals surface area (Å²) in [5.41, 5.74) is 0.798. The Morgan fingerprint density at radius 1 is 1.53 bits per heavy atom. The Morgan fingerprint density at radius 2 is 2.24 bits per heavy atom. The standard InChI is InChI=1S/C13H17FN2S/c1-10(7-8-17-3)16(2)13-6-4-5-12(14)11(13)9-15/h4-6,10H,7-8H2,1-3H3. The zero-order valence-electron chi connectivity index (χ0n) is 10.4. The third kappa shape index (κ3) is 3.37. The number of nitriles is 1. The number of hydrogen-bond donors (Lipinski definition) is 0. The highest BCUT2D eigenvalue weighted by molar-refractivity contribution is 7.98. The average molecular weight is 252 g/mol. The van der Waals surface area contributed by atoms with Crippen LogP contribution in [0.3, 0.4) is 0 Å². The monoisotopic (exact) mass is 252 g/mol. The summed E-state index contributed by atoms with van der Waals surface area (Å²) in [5, 5.41) is 8.99. The van der Waals surface area contributed by atoms with Crippen LogP contribution in [0.5, 0.6) is 0 Å². The van der Waals surface area contributed by atoms with E-state index in [4.69, 9.17) is 5.26 Å². The zero-order chi connectivity index (χ0) is 12.8. The SMILES string of the molecule is CSCCC(C)N(C)c1cccc(F)c1C#N. The normalized spacial score (nSPS) is 11.9. The van der Waals surface area contributed by atoms with Gasteiger partial charge in [0.25, 0.3) is 0 Å². The second-order valence-corrected chi connectivity index (χ2v) is 4.97. The predicted octanol–water partition coefficient (Wildman–Crippen LogP) is 3.28. The van der Waals surface area contributed by atoms with Crippen molar-refractivity contribution in [2.45, 2.75) is 19.4 Å². The quantitative estimate of drug-likeness (QED) is 0.804. The van der Waals surface area contributed by atoms with Gasteiger partial charge in [0.1, 0.15) is 17.4 Å². The van der Waals surface area contributed by atoms with E-state index >= 15 is 0 Å². The van der Waals surface area contributed by atoms with Crippen molar-refractivity contribution in [2.24, 2.45) is 0 Å². The molecule has 1 aromatic carbocycles. The lowest BCUT2D eigenvalue weighted by Gasteiger charge is -2.27. The summed E-state index contributed by atoms with van der Waals surface area (Å²) in [6, 6.07) is 6.98. The van der Waals surface area contributed by atoms with Crippen molar-refractivity contribution in [1.82, 2.24) is 0 Å². The number of thioether (sulfide) groups is 1. The second-order valence-electron chi connectivity index (χ2n) is 3.99. The van der Waals surface area contributed by atoms with Crippen LogP contribution in [0.4, 0.5) is 10.1 Å². The van der Waals surface area contributed by atoms with Gasteiger partial charge in [-0.2, -0.15) is 17.0 Å². The molecule has 0 saturated carbocycles. The highest BCUT2D eigenvalue weighted by Crippen LogP contribution is 2.24. The van der Waals surface area contributed by atoms with E-state index in [1.165, 1.54) is 6.07 Å². The van der Waals surface area contributed by atoms with E-state index in [9.17, 15) is 4.39 Å². The summed E-state index contributed by atoms with van der Waals surface area (Å²) in [5.74, 6) is 0.608. The first-order valence-corrected chi connectivity index (χ1v) is 6.91. The number of halogens is 1. The van der Waals surface area contributed by atoms with Gasteiger partial charge in [-0.05, 0) is 37.5 Å². The lowest BCUT2D eigenvalue weighted by atomic mass is 10.1. The van der Waals surface area contributed by atoms with E-state index in [2.05, 4.69) is 13.2 Å². The van der Waals surface area contributed by atoms with Gasteiger partial charge < -0.3 is 4.90 Å². The Kier molecular flexibility index (Phi) is 5.30. The fourth-order valence-corrected chi connectivity index (χ4v) is 2.21. The molecule has 17 heavy (non-hydrogen) atoms. The summed E-state index contributed by atoms with van der Waals surface area (Å²) < 4.78 is 13.5. The maximum atomic E-state index is 13.5. The number of anilines is 1. The minimum absolute atomic E-state index is 0.131. The number of benzene rings is 1. The third-order valence-electron chi connectivity index (χ3n) is 2.88. The lowest BCUT2D eigenvalue weighted by Crippen LogP contribution is -2.30. The average Bonchev–Trinajstić information content (AvgIpc) is 2.34. The molecule has 0 radical (unpaired) electrons. The maximum absolute atomic E-state index is 13.5. The van der Waals surface area contributed by atoms with Crippen LogP contribution in [0.15, 0.2) is 18.2 Å². The van der Waals surface area contributed by atoms with Crippen molar-refractivity contribution in [3.63, 3.8) is 0 Å². The van der Waals surface area contributed by atoms with Gasteiger partial charge in [-0.1, -0.05) is 6.07 Å². The van der Waals surface area contributed by atoms with Gasteiger partial charge in [-0.3, -0.25) is 0 Å². The van der Waals surface area contributed by atoms with Crippen molar-refractivity contribution < 1.29 is 4.39 Å². The van der Waals surface area contributed by atoms with Crippen LogP contribution in [0.25, 0.3) is 0 Å². The van der Waals surface area contributed by atoms with E-state index in [1.54, 1.807) is 23.9 Å². The van der Waals surface area contributed by atoms with Crippen molar-refractivity contribution in [1.29, 1.82) is 5.26 Å². The molecule has 0 aliphatic carbocycles. The molecule has 1 rings (SSSR count). The molecule has 1 unspecified atom stereocenters. The summed E-state index contributed by atoms with van der Waals surface area (Å²) >= 11 is 1.79. The van der Waals surface area contributed by atoms with Crippen LogP contribution < -0.4 is 4.90 Å². The van der Waals surface area contributed by atoms with E-state index in [-0.39, 0.29) is 11.6 Å². The first-order valence-electron chi connectivity index (χ1n) is 5.52. The maximum Gasteiger partial charge on any atom is 0.143 e. The van der Waals surface area contributed by atoms with E-state index in [0.29, 0.717) is 5.69 Å². The molecule has 92 valence electrons. The molecule has 1 atom stereocenters. The van der Waals surface area contributed by atoms with Gasteiger partial charge in [0, 0.05) is 13.1 Å². The first-order chi connectivity index (χ1) is 8.11. The van der Waals surface area contributed by atoms with E-state index in [1.807, 2.05) is 18.0 Å². The van der Waals surface area contributed by atoms with Crippen LogP contribution in [0, 0.1) is 17.1 Å². The number of hydrogen-bond acceptors (Lipinski definition) is 3. The molecule has 2 nitrogen and oxygen atoms in total. The Morgan fingerprint density at radius 3 is 2.82 bits per heavy atom. The Balaban J connectivity index is 2.92. The van der Waals surface area contributed by atoms with Crippen molar-refractivity contribution in [3.8, 4) is 6.07 Å². The van der Waals surface area contributed by atoms with Gasteiger partial charge in [-0.25, -0.2) is 4.39 Å². The Bertz CT molecular complexity index is 414. The fourth-order valence-electron chi connectivity index (χ4n) is 1.64. The first kappa shape index (κ1) is 13.9. The highest BCUT2D eigenvalue weighted by Gasteiger charge is 2.15. The topological polar surface area (TPSA) is 27.0 Å². The molecule has 1 aromatic rings. The Labute approximate surface area is 106 Å². The molecule has 0 spiro atoms. The van der Waals surface area contributed by atoms with Crippen LogP contribution in [-0.2, 0) is 0 Å². The largest absolute Gasteiger partial charge is 0.371 e. The van der Waals surface area contributed by atoms with Crippen LogP contribution in [0.2, 0.25) is 0 Å². The number of nitrogens with zero attached hydrogens (tertiary/aromatic N) is 2. The summed E-state index contributed by atoms with van der Waals surface area (Å²) in [4.78, 5) is 1.97. The summed E-state index contributed by atoms with van der Waals surface area (Å²) in [6.45, 7) is 2.09. The molecule has 0 heterocycles. The molecule has 0 saturated heterocycles. The number of rotatable bonds is 5. The molecule has 0 amide bonds. The van der Waals surface area contributed by atoms with Crippen LogP contribution in [-0.4, -0.2) is 25.1 Å². The minimum atomic E-state index is -0.450. The van der Waals surface area contributed by atoms with Gasteiger partial charge >= 0.3 is 0 Å². The molecule has 0 aliphatic heterocycles. The molecular formula is C13H17FN2S. The van der Waals surface area contributed by atoms with Gasteiger partial charge in [0.05, 0.1) is 5.69 Å². The van der Waals surface area contributed by atoms with E-state index < -0.39 is 5.82 Å². The van der Waals surface area contributed by atoms with Gasteiger partial charge in [0.15, 0.2) is 0 Å². The van der Waals surface area contributed by atoms with Crippen molar-refractivity contribution in [2.75, 3.05) is 24.0 Å².